The second-order valence-electron chi connectivity index (χ2n) is 3.69. The molecule has 0 aliphatic heterocycles. The lowest BCUT2D eigenvalue weighted by molar-refractivity contribution is -0.137. The van der Waals surface area contributed by atoms with Crippen LogP contribution in [0.15, 0.2) is 24.3 Å². The molecule has 0 aromatic heterocycles. The highest BCUT2D eigenvalue weighted by Crippen LogP contribution is 2.25. The van der Waals surface area contributed by atoms with Gasteiger partial charge in [-0.3, -0.25) is 9.52 Å². The molecule has 0 radical (unpaired) electrons. The molecule has 0 amide bonds. The van der Waals surface area contributed by atoms with Gasteiger partial charge in [0.05, 0.1) is 12.3 Å². The zero-order chi connectivity index (χ0) is 14.5. The fourth-order valence-corrected chi connectivity index (χ4v) is 2.21. The summed E-state index contributed by atoms with van der Waals surface area (Å²) in [5.74, 6) is -0.844. The lowest BCUT2D eigenvalue weighted by Crippen LogP contribution is -2.36. The predicted molar refractivity (Wildman–Crippen MR) is 70.4 cm³/mol. The number of likely N-dealkylation sites (N-methyl/N-ethyl adjacent to an activating group) is 1. The van der Waals surface area contributed by atoms with Crippen LogP contribution >= 0.6 is 0 Å². The first kappa shape index (κ1) is 15.3. The first-order valence-corrected chi connectivity index (χ1v) is 6.98. The number of hydrogen-bond acceptors (Lipinski definition) is 4. The molecule has 106 valence electrons. The number of anilines is 1. The van der Waals surface area contributed by atoms with E-state index < -0.39 is 22.7 Å². The first-order valence-electron chi connectivity index (χ1n) is 5.54. The van der Waals surface area contributed by atoms with Crippen LogP contribution in [0.3, 0.4) is 0 Å². The number of ether oxygens (including phenoxy) is 1. The van der Waals surface area contributed by atoms with E-state index in [9.17, 15) is 13.2 Å². The Morgan fingerprint density at radius 3 is 2.63 bits per heavy atom. The van der Waals surface area contributed by atoms with Gasteiger partial charge in [0, 0.05) is 7.05 Å². The molecule has 0 fully saturated rings. The van der Waals surface area contributed by atoms with Crippen molar-refractivity contribution in [1.82, 2.24) is 4.31 Å². The molecule has 1 rings (SSSR count). The molecule has 0 atom stereocenters. The summed E-state index contributed by atoms with van der Waals surface area (Å²) in [5, 5.41) is 8.59. The van der Waals surface area contributed by atoms with Crippen LogP contribution in [0.1, 0.15) is 6.92 Å². The second kappa shape index (κ2) is 6.39. The Kier molecular flexibility index (Phi) is 5.13. The lowest BCUT2D eigenvalue weighted by Gasteiger charge is -2.18. The van der Waals surface area contributed by atoms with Crippen LogP contribution in [0, 0.1) is 0 Å². The van der Waals surface area contributed by atoms with Crippen LogP contribution in [0.2, 0.25) is 0 Å². The highest BCUT2D eigenvalue weighted by molar-refractivity contribution is 7.90. The van der Waals surface area contributed by atoms with Gasteiger partial charge < -0.3 is 9.84 Å². The Morgan fingerprint density at radius 2 is 2.05 bits per heavy atom. The number of carbonyl (C=O) groups is 1. The van der Waals surface area contributed by atoms with Crippen LogP contribution in [0.4, 0.5) is 5.69 Å². The Hall–Kier alpha value is -1.80. The molecule has 0 bridgehead atoms. The molecule has 0 aliphatic rings. The molecule has 19 heavy (non-hydrogen) atoms. The fourth-order valence-electron chi connectivity index (χ4n) is 1.32. The zero-order valence-corrected chi connectivity index (χ0v) is 11.5. The molecule has 0 aliphatic carbocycles. The van der Waals surface area contributed by atoms with E-state index in [1.54, 1.807) is 25.1 Å². The van der Waals surface area contributed by atoms with Crippen molar-refractivity contribution in [3.63, 3.8) is 0 Å². The van der Waals surface area contributed by atoms with Crippen molar-refractivity contribution < 1.29 is 23.1 Å². The summed E-state index contributed by atoms with van der Waals surface area (Å²) in [6.45, 7) is 1.55. The summed E-state index contributed by atoms with van der Waals surface area (Å²) in [6, 6.07) is 6.52. The van der Waals surface area contributed by atoms with Crippen molar-refractivity contribution in [2.75, 3.05) is 24.9 Å². The third-order valence-electron chi connectivity index (χ3n) is 2.19. The summed E-state index contributed by atoms with van der Waals surface area (Å²) >= 11 is 0. The topological polar surface area (TPSA) is 95.9 Å². The molecule has 1 aromatic rings. The number of carboxylic acids is 1. The van der Waals surface area contributed by atoms with Gasteiger partial charge in [-0.05, 0) is 19.1 Å². The quantitative estimate of drug-likeness (QED) is 0.772. The van der Waals surface area contributed by atoms with Crippen molar-refractivity contribution in [2.24, 2.45) is 0 Å². The van der Waals surface area contributed by atoms with Crippen molar-refractivity contribution in [1.29, 1.82) is 0 Å². The van der Waals surface area contributed by atoms with E-state index in [0.29, 0.717) is 16.7 Å². The molecule has 0 spiro atoms. The maximum atomic E-state index is 11.9. The van der Waals surface area contributed by atoms with Crippen LogP contribution < -0.4 is 9.46 Å². The monoisotopic (exact) mass is 288 g/mol. The highest BCUT2D eigenvalue weighted by Gasteiger charge is 2.21. The minimum Gasteiger partial charge on any atom is -0.492 e. The predicted octanol–water partition coefficient (Wildman–Crippen LogP) is 0.758. The summed E-state index contributed by atoms with van der Waals surface area (Å²) in [5.41, 5.74) is 0.265. The van der Waals surface area contributed by atoms with E-state index in [1.807, 2.05) is 0 Å². The highest BCUT2D eigenvalue weighted by atomic mass is 32.2. The van der Waals surface area contributed by atoms with E-state index in [4.69, 9.17) is 9.84 Å². The molecule has 2 N–H and O–H groups in total. The first-order chi connectivity index (χ1) is 8.86. The van der Waals surface area contributed by atoms with Gasteiger partial charge in [-0.2, -0.15) is 12.7 Å². The molecule has 0 saturated heterocycles. The number of benzene rings is 1. The zero-order valence-electron chi connectivity index (χ0n) is 10.7. The lowest BCUT2D eigenvalue weighted by atomic mass is 10.3. The molecule has 0 saturated carbocycles. The van der Waals surface area contributed by atoms with Crippen LogP contribution in [0.25, 0.3) is 0 Å². The average Bonchev–Trinajstić information content (AvgIpc) is 2.30. The van der Waals surface area contributed by atoms with Gasteiger partial charge in [0.15, 0.2) is 0 Å². The van der Waals surface area contributed by atoms with Gasteiger partial charge in [-0.15, -0.1) is 0 Å². The van der Waals surface area contributed by atoms with Gasteiger partial charge in [0.2, 0.25) is 0 Å². The maximum absolute atomic E-state index is 11.9. The van der Waals surface area contributed by atoms with Crippen molar-refractivity contribution >= 4 is 21.9 Å². The molecule has 8 heteroatoms. The van der Waals surface area contributed by atoms with Crippen LogP contribution in [-0.4, -0.2) is 44.0 Å². The van der Waals surface area contributed by atoms with E-state index in [-0.39, 0.29) is 5.69 Å². The van der Waals surface area contributed by atoms with E-state index in [2.05, 4.69) is 4.72 Å². The second-order valence-corrected chi connectivity index (χ2v) is 5.46. The van der Waals surface area contributed by atoms with Gasteiger partial charge in [-0.25, -0.2) is 0 Å². The molecule has 7 nitrogen and oxygen atoms in total. The SMILES string of the molecule is CCOc1ccccc1NS(=O)(=O)N(C)CC(=O)O. The minimum absolute atomic E-state index is 0.265. The Labute approximate surface area is 112 Å². The van der Waals surface area contributed by atoms with Gasteiger partial charge in [0.1, 0.15) is 12.3 Å². The van der Waals surface area contributed by atoms with E-state index >= 15 is 0 Å². The number of nitrogens with one attached hydrogen (secondary N) is 1. The van der Waals surface area contributed by atoms with Gasteiger partial charge >= 0.3 is 16.2 Å². The number of hydrogen-bond donors (Lipinski definition) is 2. The fraction of sp³-hybridized carbons (Fsp3) is 0.364. The Balaban J connectivity index is 2.92. The third kappa shape index (κ3) is 4.42. The molecule has 1 aromatic carbocycles. The maximum Gasteiger partial charge on any atom is 0.318 e. The largest absolute Gasteiger partial charge is 0.492 e. The third-order valence-corrected chi connectivity index (χ3v) is 3.62. The summed E-state index contributed by atoms with van der Waals surface area (Å²) in [6.07, 6.45) is 0. The minimum atomic E-state index is -3.93. The number of rotatable bonds is 7. The Bertz CT molecular complexity index is 544. The average molecular weight is 288 g/mol. The standard InChI is InChI=1S/C11H16N2O5S/c1-3-18-10-7-5-4-6-9(10)12-19(16,17)13(2)8-11(14)15/h4-7,12H,3,8H2,1-2H3,(H,14,15). The summed E-state index contributed by atoms with van der Waals surface area (Å²) in [7, 11) is -2.75. The van der Waals surface area contributed by atoms with Gasteiger partial charge in [-0.1, -0.05) is 12.1 Å². The molecular formula is C11H16N2O5S. The molecule has 0 unspecified atom stereocenters. The number of aliphatic carboxylic acids is 1. The van der Waals surface area contributed by atoms with Crippen molar-refractivity contribution in [3.05, 3.63) is 24.3 Å². The smallest absolute Gasteiger partial charge is 0.318 e. The normalized spacial score (nSPS) is 11.3. The van der Waals surface area contributed by atoms with Crippen LogP contribution in [0.5, 0.6) is 5.75 Å². The van der Waals surface area contributed by atoms with E-state index in [1.165, 1.54) is 13.1 Å². The molecular weight excluding hydrogens is 272 g/mol. The Morgan fingerprint density at radius 1 is 1.42 bits per heavy atom. The number of carboxylic acid groups (broad SMARTS) is 1. The van der Waals surface area contributed by atoms with Crippen LogP contribution in [-0.2, 0) is 15.0 Å². The van der Waals surface area contributed by atoms with Crippen molar-refractivity contribution in [3.8, 4) is 5.75 Å². The van der Waals surface area contributed by atoms with E-state index in [0.717, 1.165) is 0 Å². The number of nitrogens with zero attached hydrogens (tertiary/aromatic N) is 1. The molecule has 0 heterocycles. The summed E-state index contributed by atoms with van der Waals surface area (Å²) < 4.78 is 32.1. The number of para-hydroxylation sites is 2. The van der Waals surface area contributed by atoms with Crippen molar-refractivity contribution in [2.45, 2.75) is 6.92 Å². The summed E-state index contributed by atoms with van der Waals surface area (Å²) in [4.78, 5) is 10.5. The van der Waals surface area contributed by atoms with Gasteiger partial charge in [0.25, 0.3) is 0 Å².